The standard InChI is InChI=1S/C11H15ClO2/c1-10(9-11(13)14-2)7-5-3-4-6-8-12/h9H,3-4,6,8H2,1-2H3/b10-9+. The highest BCUT2D eigenvalue weighted by molar-refractivity contribution is 6.17. The van der Waals surface area contributed by atoms with E-state index in [1.807, 2.05) is 0 Å². The Labute approximate surface area is 90.3 Å². The molecule has 0 aliphatic carbocycles. The van der Waals surface area contributed by atoms with E-state index in [2.05, 4.69) is 16.6 Å². The molecule has 0 spiro atoms. The summed E-state index contributed by atoms with van der Waals surface area (Å²) in [6.45, 7) is 1.78. The van der Waals surface area contributed by atoms with Gasteiger partial charge in [-0.05, 0) is 19.8 Å². The Morgan fingerprint density at radius 3 is 2.79 bits per heavy atom. The summed E-state index contributed by atoms with van der Waals surface area (Å²) in [6.07, 6.45) is 4.19. The predicted octanol–water partition coefficient (Wildman–Crippen LogP) is 2.52. The Kier molecular flexibility index (Phi) is 8.07. The highest BCUT2D eigenvalue weighted by Gasteiger charge is 1.92. The molecule has 0 radical (unpaired) electrons. The number of carbonyl (C=O) groups is 1. The van der Waals surface area contributed by atoms with Crippen LogP contribution in [-0.2, 0) is 9.53 Å². The van der Waals surface area contributed by atoms with Gasteiger partial charge in [-0.3, -0.25) is 0 Å². The second-order valence-electron chi connectivity index (χ2n) is 2.80. The third-order valence-electron chi connectivity index (χ3n) is 1.51. The van der Waals surface area contributed by atoms with Crippen molar-refractivity contribution in [1.82, 2.24) is 0 Å². The lowest BCUT2D eigenvalue weighted by atomic mass is 10.2. The third-order valence-corrected chi connectivity index (χ3v) is 1.77. The minimum absolute atomic E-state index is 0.363. The molecule has 0 heterocycles. The lowest BCUT2D eigenvalue weighted by Gasteiger charge is -1.90. The number of unbranched alkanes of at least 4 members (excludes halogenated alkanes) is 2. The molecule has 0 unspecified atom stereocenters. The summed E-state index contributed by atoms with van der Waals surface area (Å²) >= 11 is 5.51. The largest absolute Gasteiger partial charge is 0.466 e. The van der Waals surface area contributed by atoms with Crippen LogP contribution in [0.2, 0.25) is 0 Å². The molecule has 2 nitrogen and oxygen atoms in total. The van der Waals surface area contributed by atoms with Gasteiger partial charge in [0.2, 0.25) is 0 Å². The van der Waals surface area contributed by atoms with Crippen molar-refractivity contribution in [3.63, 3.8) is 0 Å². The summed E-state index contributed by atoms with van der Waals surface area (Å²) in [5.41, 5.74) is 0.725. The van der Waals surface area contributed by atoms with Gasteiger partial charge in [0.25, 0.3) is 0 Å². The molecule has 3 heteroatoms. The van der Waals surface area contributed by atoms with Crippen molar-refractivity contribution in [2.75, 3.05) is 13.0 Å². The van der Waals surface area contributed by atoms with Crippen molar-refractivity contribution in [2.24, 2.45) is 0 Å². The zero-order chi connectivity index (χ0) is 10.8. The number of carbonyl (C=O) groups excluding carboxylic acids is 1. The molecule has 14 heavy (non-hydrogen) atoms. The molecule has 0 N–H and O–H groups in total. The first kappa shape index (κ1) is 13.1. The highest BCUT2D eigenvalue weighted by atomic mass is 35.5. The van der Waals surface area contributed by atoms with E-state index in [4.69, 9.17) is 11.6 Å². The summed E-state index contributed by atoms with van der Waals surface area (Å²) < 4.78 is 4.47. The van der Waals surface area contributed by atoms with Crippen molar-refractivity contribution in [2.45, 2.75) is 26.2 Å². The van der Waals surface area contributed by atoms with Crippen molar-refractivity contribution in [1.29, 1.82) is 0 Å². The van der Waals surface area contributed by atoms with Crippen LogP contribution in [0.3, 0.4) is 0 Å². The minimum atomic E-state index is -0.363. The molecule has 0 atom stereocenters. The van der Waals surface area contributed by atoms with E-state index in [-0.39, 0.29) is 5.97 Å². The number of methoxy groups -OCH3 is 1. The predicted molar refractivity (Wildman–Crippen MR) is 58.1 cm³/mol. The number of rotatable bonds is 4. The van der Waals surface area contributed by atoms with Crippen LogP contribution >= 0.6 is 11.6 Å². The number of allylic oxidation sites excluding steroid dienone is 1. The molecule has 0 amide bonds. The zero-order valence-electron chi connectivity index (χ0n) is 8.60. The highest BCUT2D eigenvalue weighted by Crippen LogP contribution is 1.96. The molecule has 0 saturated heterocycles. The molecule has 0 aromatic rings. The van der Waals surface area contributed by atoms with Gasteiger partial charge in [0, 0.05) is 23.9 Å². The third kappa shape index (κ3) is 7.70. The van der Waals surface area contributed by atoms with E-state index >= 15 is 0 Å². The monoisotopic (exact) mass is 214 g/mol. The average Bonchev–Trinajstić information content (AvgIpc) is 2.17. The first-order chi connectivity index (χ1) is 6.70. The average molecular weight is 215 g/mol. The normalized spacial score (nSPS) is 10.4. The second kappa shape index (κ2) is 8.65. The molecular weight excluding hydrogens is 200 g/mol. The molecule has 0 aromatic carbocycles. The molecule has 0 bridgehead atoms. The van der Waals surface area contributed by atoms with Gasteiger partial charge in [0.05, 0.1) is 7.11 Å². The van der Waals surface area contributed by atoms with Crippen LogP contribution in [0.1, 0.15) is 26.2 Å². The lowest BCUT2D eigenvalue weighted by molar-refractivity contribution is -0.134. The van der Waals surface area contributed by atoms with Gasteiger partial charge >= 0.3 is 5.97 Å². The van der Waals surface area contributed by atoms with Gasteiger partial charge in [-0.15, -0.1) is 11.6 Å². The van der Waals surface area contributed by atoms with Crippen LogP contribution in [-0.4, -0.2) is 19.0 Å². The molecule has 0 aliphatic heterocycles. The van der Waals surface area contributed by atoms with Gasteiger partial charge < -0.3 is 4.74 Å². The Bertz CT molecular complexity index is 258. The fraction of sp³-hybridized carbons (Fsp3) is 0.545. The first-order valence-electron chi connectivity index (χ1n) is 4.51. The Morgan fingerprint density at radius 1 is 1.50 bits per heavy atom. The number of halogens is 1. The van der Waals surface area contributed by atoms with Crippen LogP contribution in [0, 0.1) is 11.8 Å². The maximum absolute atomic E-state index is 10.8. The Balaban J connectivity index is 3.85. The Hall–Kier alpha value is -0.940. The number of esters is 1. The van der Waals surface area contributed by atoms with E-state index in [1.165, 1.54) is 13.2 Å². The van der Waals surface area contributed by atoms with Crippen molar-refractivity contribution in [3.8, 4) is 11.8 Å². The SMILES string of the molecule is COC(=O)/C=C(\C)C#CCCCCCl. The van der Waals surface area contributed by atoms with Crippen molar-refractivity contribution in [3.05, 3.63) is 11.6 Å². The summed E-state index contributed by atoms with van der Waals surface area (Å²) in [6, 6.07) is 0. The number of ether oxygens (including phenoxy) is 1. The molecule has 78 valence electrons. The van der Waals surface area contributed by atoms with E-state index in [0.717, 1.165) is 24.8 Å². The van der Waals surface area contributed by atoms with Crippen LogP contribution in [0.4, 0.5) is 0 Å². The maximum atomic E-state index is 10.8. The summed E-state index contributed by atoms with van der Waals surface area (Å²) in [5.74, 6) is 6.15. The zero-order valence-corrected chi connectivity index (χ0v) is 9.36. The van der Waals surface area contributed by atoms with E-state index < -0.39 is 0 Å². The molecule has 0 aliphatic rings. The van der Waals surface area contributed by atoms with E-state index in [0.29, 0.717) is 5.88 Å². The molecule has 0 aromatic heterocycles. The maximum Gasteiger partial charge on any atom is 0.331 e. The fourth-order valence-corrected chi connectivity index (χ4v) is 0.971. The van der Waals surface area contributed by atoms with Gasteiger partial charge in [-0.1, -0.05) is 11.8 Å². The number of hydrogen-bond acceptors (Lipinski definition) is 2. The lowest BCUT2D eigenvalue weighted by Crippen LogP contribution is -1.94. The fourth-order valence-electron chi connectivity index (χ4n) is 0.782. The van der Waals surface area contributed by atoms with Crippen molar-refractivity contribution < 1.29 is 9.53 Å². The summed E-state index contributed by atoms with van der Waals surface area (Å²) in [4.78, 5) is 10.8. The number of alkyl halides is 1. The molecule has 0 fully saturated rings. The summed E-state index contributed by atoms with van der Waals surface area (Å²) in [7, 11) is 1.35. The minimum Gasteiger partial charge on any atom is -0.466 e. The van der Waals surface area contributed by atoms with Crippen molar-refractivity contribution >= 4 is 17.6 Å². The van der Waals surface area contributed by atoms with Crippen LogP contribution < -0.4 is 0 Å². The topological polar surface area (TPSA) is 26.3 Å². The second-order valence-corrected chi connectivity index (χ2v) is 3.18. The number of hydrogen-bond donors (Lipinski definition) is 0. The molecule has 0 saturated carbocycles. The first-order valence-corrected chi connectivity index (χ1v) is 5.05. The molecule has 0 rings (SSSR count). The van der Waals surface area contributed by atoms with Crippen LogP contribution in [0.25, 0.3) is 0 Å². The van der Waals surface area contributed by atoms with Crippen LogP contribution in [0.5, 0.6) is 0 Å². The molecular formula is C11H15ClO2. The Morgan fingerprint density at radius 2 is 2.21 bits per heavy atom. The van der Waals surface area contributed by atoms with Crippen LogP contribution in [0.15, 0.2) is 11.6 Å². The quantitative estimate of drug-likeness (QED) is 0.236. The van der Waals surface area contributed by atoms with Gasteiger partial charge in [-0.2, -0.15) is 0 Å². The summed E-state index contributed by atoms with van der Waals surface area (Å²) in [5, 5.41) is 0. The van der Waals surface area contributed by atoms with E-state index in [1.54, 1.807) is 6.92 Å². The van der Waals surface area contributed by atoms with Gasteiger partial charge in [0.15, 0.2) is 0 Å². The van der Waals surface area contributed by atoms with Gasteiger partial charge in [0.1, 0.15) is 0 Å². The smallest absolute Gasteiger partial charge is 0.331 e. The van der Waals surface area contributed by atoms with E-state index in [9.17, 15) is 4.79 Å². The van der Waals surface area contributed by atoms with Gasteiger partial charge in [-0.25, -0.2) is 4.79 Å².